The first-order valence-electron chi connectivity index (χ1n) is 9.06. The van der Waals surface area contributed by atoms with Crippen molar-refractivity contribution in [3.8, 4) is 11.3 Å². The zero-order valence-corrected chi connectivity index (χ0v) is 15.3. The molecule has 2 N–H and O–H groups in total. The maximum absolute atomic E-state index is 5.39. The highest BCUT2D eigenvalue weighted by Gasteiger charge is 2.10. The van der Waals surface area contributed by atoms with E-state index >= 15 is 0 Å². The van der Waals surface area contributed by atoms with E-state index in [2.05, 4.69) is 37.6 Å². The molecule has 0 bridgehead atoms. The van der Waals surface area contributed by atoms with Crippen LogP contribution in [0.4, 0.5) is 11.8 Å². The minimum atomic E-state index is 0.629. The SMILES string of the molecule is COCCNc1cc(-c2ccccc2)nc(NCCN2CCOCC2)n1. The maximum atomic E-state index is 5.39. The number of hydrogen-bond donors (Lipinski definition) is 2. The van der Waals surface area contributed by atoms with Crippen LogP contribution in [0.25, 0.3) is 11.3 Å². The van der Waals surface area contributed by atoms with Gasteiger partial charge in [0.15, 0.2) is 0 Å². The van der Waals surface area contributed by atoms with Crippen LogP contribution in [0.1, 0.15) is 0 Å². The number of nitrogens with one attached hydrogen (secondary N) is 2. The molecule has 2 heterocycles. The normalized spacial score (nSPS) is 15.0. The van der Waals surface area contributed by atoms with Crippen LogP contribution in [0.3, 0.4) is 0 Å². The van der Waals surface area contributed by atoms with E-state index in [1.807, 2.05) is 24.3 Å². The van der Waals surface area contributed by atoms with E-state index in [-0.39, 0.29) is 0 Å². The Morgan fingerprint density at radius 2 is 1.88 bits per heavy atom. The Kier molecular flexibility index (Phi) is 7.18. The van der Waals surface area contributed by atoms with Crippen LogP contribution < -0.4 is 10.6 Å². The molecule has 26 heavy (non-hydrogen) atoms. The molecular formula is C19H27N5O2. The molecule has 7 nitrogen and oxygen atoms in total. The summed E-state index contributed by atoms with van der Waals surface area (Å²) in [5.74, 6) is 1.43. The molecular weight excluding hydrogens is 330 g/mol. The average Bonchev–Trinajstić information content (AvgIpc) is 2.70. The maximum Gasteiger partial charge on any atom is 0.225 e. The zero-order valence-electron chi connectivity index (χ0n) is 15.3. The lowest BCUT2D eigenvalue weighted by Crippen LogP contribution is -2.39. The second-order valence-corrected chi connectivity index (χ2v) is 6.13. The number of morpholine rings is 1. The Balaban J connectivity index is 1.67. The smallest absolute Gasteiger partial charge is 0.225 e. The van der Waals surface area contributed by atoms with Crippen molar-refractivity contribution in [1.82, 2.24) is 14.9 Å². The fourth-order valence-corrected chi connectivity index (χ4v) is 2.81. The Morgan fingerprint density at radius 3 is 2.65 bits per heavy atom. The first kappa shape index (κ1) is 18.6. The summed E-state index contributed by atoms with van der Waals surface area (Å²) in [4.78, 5) is 11.6. The summed E-state index contributed by atoms with van der Waals surface area (Å²) in [6, 6.07) is 12.1. The van der Waals surface area contributed by atoms with Gasteiger partial charge in [-0.3, -0.25) is 4.90 Å². The minimum absolute atomic E-state index is 0.629. The molecule has 1 aliphatic rings. The lowest BCUT2D eigenvalue weighted by Gasteiger charge is -2.26. The van der Waals surface area contributed by atoms with E-state index in [0.717, 1.165) is 56.5 Å². The van der Waals surface area contributed by atoms with Crippen molar-refractivity contribution in [2.75, 3.05) is 70.3 Å². The van der Waals surface area contributed by atoms with Crippen LogP contribution in [0.5, 0.6) is 0 Å². The third-order valence-electron chi connectivity index (χ3n) is 4.22. The number of anilines is 2. The van der Waals surface area contributed by atoms with Crippen LogP contribution in [-0.4, -0.2) is 74.5 Å². The molecule has 7 heteroatoms. The first-order chi connectivity index (χ1) is 12.8. The highest BCUT2D eigenvalue weighted by molar-refractivity contribution is 5.64. The van der Waals surface area contributed by atoms with Gasteiger partial charge in [-0.2, -0.15) is 4.98 Å². The highest BCUT2D eigenvalue weighted by Crippen LogP contribution is 2.21. The Labute approximate surface area is 154 Å². The van der Waals surface area contributed by atoms with Gasteiger partial charge >= 0.3 is 0 Å². The lowest BCUT2D eigenvalue weighted by atomic mass is 10.1. The third kappa shape index (κ3) is 5.66. The van der Waals surface area contributed by atoms with E-state index in [9.17, 15) is 0 Å². The van der Waals surface area contributed by atoms with Gasteiger partial charge in [-0.25, -0.2) is 4.98 Å². The van der Waals surface area contributed by atoms with E-state index in [4.69, 9.17) is 9.47 Å². The number of nitrogens with zero attached hydrogens (tertiary/aromatic N) is 3. The predicted molar refractivity (Wildman–Crippen MR) is 104 cm³/mol. The number of benzene rings is 1. The summed E-state index contributed by atoms with van der Waals surface area (Å²) >= 11 is 0. The fourth-order valence-electron chi connectivity index (χ4n) is 2.81. The van der Waals surface area contributed by atoms with Crippen LogP contribution >= 0.6 is 0 Å². The number of aromatic nitrogens is 2. The Bertz CT molecular complexity index is 662. The van der Waals surface area contributed by atoms with Crippen LogP contribution in [0.15, 0.2) is 36.4 Å². The molecule has 3 rings (SSSR count). The summed E-state index contributed by atoms with van der Waals surface area (Å²) in [5.41, 5.74) is 1.97. The molecule has 0 radical (unpaired) electrons. The Hall–Kier alpha value is -2.22. The summed E-state index contributed by atoms with van der Waals surface area (Å²) in [6.07, 6.45) is 0. The standard InChI is InChI=1S/C19H27N5O2/c1-25-12-8-20-18-15-17(16-5-3-2-4-6-16)22-19(23-18)21-7-9-24-10-13-26-14-11-24/h2-6,15H,7-14H2,1H3,(H2,20,21,22,23). The summed E-state index contributed by atoms with van der Waals surface area (Å²) in [5, 5.41) is 6.65. The van der Waals surface area contributed by atoms with Gasteiger partial charge in [-0.05, 0) is 0 Å². The van der Waals surface area contributed by atoms with Crippen LogP contribution in [-0.2, 0) is 9.47 Å². The summed E-state index contributed by atoms with van der Waals surface area (Å²) in [6.45, 7) is 6.68. The molecule has 0 unspecified atom stereocenters. The third-order valence-corrected chi connectivity index (χ3v) is 4.22. The van der Waals surface area contributed by atoms with Gasteiger partial charge in [0.1, 0.15) is 5.82 Å². The van der Waals surface area contributed by atoms with Crippen molar-refractivity contribution in [2.45, 2.75) is 0 Å². The van der Waals surface area contributed by atoms with Gasteiger partial charge in [-0.15, -0.1) is 0 Å². The Morgan fingerprint density at radius 1 is 1.08 bits per heavy atom. The molecule has 140 valence electrons. The zero-order chi connectivity index (χ0) is 18.0. The predicted octanol–water partition coefficient (Wildman–Crippen LogP) is 1.95. The van der Waals surface area contributed by atoms with E-state index in [0.29, 0.717) is 19.1 Å². The monoisotopic (exact) mass is 357 g/mol. The van der Waals surface area contributed by atoms with Gasteiger partial charge in [0.05, 0.1) is 25.5 Å². The number of rotatable bonds is 9. The number of ether oxygens (including phenoxy) is 2. The van der Waals surface area contributed by atoms with Gasteiger partial charge < -0.3 is 20.1 Å². The molecule has 0 aliphatic carbocycles. The summed E-state index contributed by atoms with van der Waals surface area (Å²) in [7, 11) is 1.69. The van der Waals surface area contributed by atoms with Gasteiger partial charge in [-0.1, -0.05) is 30.3 Å². The summed E-state index contributed by atoms with van der Waals surface area (Å²) < 4.78 is 10.5. The lowest BCUT2D eigenvalue weighted by molar-refractivity contribution is 0.0398. The minimum Gasteiger partial charge on any atom is -0.383 e. The van der Waals surface area contributed by atoms with Crippen molar-refractivity contribution in [3.63, 3.8) is 0 Å². The molecule has 0 amide bonds. The highest BCUT2D eigenvalue weighted by atomic mass is 16.5. The van der Waals surface area contributed by atoms with Crippen LogP contribution in [0, 0.1) is 0 Å². The van der Waals surface area contributed by atoms with Crippen LogP contribution in [0.2, 0.25) is 0 Å². The fraction of sp³-hybridized carbons (Fsp3) is 0.474. The van der Waals surface area contributed by atoms with E-state index < -0.39 is 0 Å². The van der Waals surface area contributed by atoms with E-state index in [1.54, 1.807) is 7.11 Å². The average molecular weight is 357 g/mol. The van der Waals surface area contributed by atoms with Gasteiger partial charge in [0, 0.05) is 51.5 Å². The molecule has 2 aromatic rings. The molecule has 0 saturated carbocycles. The largest absolute Gasteiger partial charge is 0.383 e. The molecule has 1 aromatic carbocycles. The second-order valence-electron chi connectivity index (χ2n) is 6.13. The number of methoxy groups -OCH3 is 1. The molecule has 0 spiro atoms. The van der Waals surface area contributed by atoms with Crippen molar-refractivity contribution in [3.05, 3.63) is 36.4 Å². The van der Waals surface area contributed by atoms with Gasteiger partial charge in [0.2, 0.25) is 5.95 Å². The first-order valence-corrected chi connectivity index (χ1v) is 9.06. The van der Waals surface area contributed by atoms with Crippen molar-refractivity contribution in [1.29, 1.82) is 0 Å². The molecule has 0 atom stereocenters. The number of hydrogen-bond acceptors (Lipinski definition) is 7. The quantitative estimate of drug-likeness (QED) is 0.665. The van der Waals surface area contributed by atoms with Gasteiger partial charge in [0.25, 0.3) is 0 Å². The molecule has 1 fully saturated rings. The topological polar surface area (TPSA) is 71.5 Å². The van der Waals surface area contributed by atoms with Crippen molar-refractivity contribution >= 4 is 11.8 Å². The molecule has 1 aliphatic heterocycles. The van der Waals surface area contributed by atoms with E-state index in [1.165, 1.54) is 0 Å². The molecule has 1 aromatic heterocycles. The molecule has 1 saturated heterocycles. The van der Waals surface area contributed by atoms with Crippen molar-refractivity contribution in [2.24, 2.45) is 0 Å². The second kappa shape index (κ2) is 10.1. The van der Waals surface area contributed by atoms with Crippen molar-refractivity contribution < 1.29 is 9.47 Å².